The molecule has 0 fully saturated rings. The van der Waals surface area contributed by atoms with Gasteiger partial charge in [0.1, 0.15) is 5.76 Å². The van der Waals surface area contributed by atoms with Crippen LogP contribution in [-0.2, 0) is 9.53 Å². The Labute approximate surface area is 83.0 Å². The molecule has 0 bridgehead atoms. The molecule has 0 radical (unpaired) electrons. The minimum atomic E-state index is -0.528. The van der Waals surface area contributed by atoms with E-state index in [1.165, 1.54) is 0 Å². The van der Waals surface area contributed by atoms with E-state index in [2.05, 4.69) is 10.6 Å². The highest BCUT2D eigenvalue weighted by Crippen LogP contribution is 2.29. The molecule has 0 aromatic heterocycles. The molecule has 0 aromatic carbocycles. The molecule has 0 saturated carbocycles. The van der Waals surface area contributed by atoms with E-state index < -0.39 is 5.85 Å². The lowest BCUT2D eigenvalue weighted by Crippen LogP contribution is -2.52. The third kappa shape index (κ3) is 1.32. The Morgan fingerprint density at radius 3 is 3.07 bits per heavy atom. The summed E-state index contributed by atoms with van der Waals surface area (Å²) in [7, 11) is 1.83. The maximum Gasteiger partial charge on any atom is 0.237 e. The molecule has 1 atom stereocenters. The molecule has 0 aromatic rings. The Bertz CT molecular complexity index is 327. The van der Waals surface area contributed by atoms with Gasteiger partial charge in [0.15, 0.2) is 5.78 Å². The van der Waals surface area contributed by atoms with E-state index in [0.717, 1.165) is 17.9 Å². The lowest BCUT2D eigenvalue weighted by molar-refractivity contribution is -0.115. The zero-order valence-corrected chi connectivity index (χ0v) is 8.39. The number of ketones is 1. The van der Waals surface area contributed by atoms with Crippen LogP contribution in [0.15, 0.2) is 23.6 Å². The maximum absolute atomic E-state index is 11.1. The van der Waals surface area contributed by atoms with Crippen LogP contribution in [0, 0.1) is 0 Å². The molecule has 4 nitrogen and oxygen atoms in total. The van der Waals surface area contributed by atoms with Crippen LogP contribution in [0.1, 0.15) is 19.8 Å². The van der Waals surface area contributed by atoms with Gasteiger partial charge in [-0.15, -0.1) is 0 Å². The van der Waals surface area contributed by atoms with Gasteiger partial charge >= 0.3 is 0 Å². The first-order valence-electron chi connectivity index (χ1n) is 4.79. The first-order chi connectivity index (χ1) is 6.69. The van der Waals surface area contributed by atoms with Gasteiger partial charge in [-0.2, -0.15) is 0 Å². The first kappa shape index (κ1) is 9.27. The van der Waals surface area contributed by atoms with Crippen molar-refractivity contribution in [2.45, 2.75) is 25.6 Å². The summed E-state index contributed by atoms with van der Waals surface area (Å²) in [6, 6.07) is 0. The number of hydrogen-bond donors (Lipinski definition) is 2. The minimum absolute atomic E-state index is 0.0913. The predicted octanol–water partition coefficient (Wildman–Crippen LogP) is 0.630. The van der Waals surface area contributed by atoms with Crippen LogP contribution in [0.5, 0.6) is 0 Å². The minimum Gasteiger partial charge on any atom is -0.457 e. The molecule has 0 spiro atoms. The van der Waals surface area contributed by atoms with Gasteiger partial charge in [-0.05, 0) is 19.2 Å². The fourth-order valence-corrected chi connectivity index (χ4v) is 1.69. The predicted molar refractivity (Wildman–Crippen MR) is 52.1 cm³/mol. The van der Waals surface area contributed by atoms with Crippen LogP contribution in [0.2, 0.25) is 0 Å². The molecular weight excluding hydrogens is 180 g/mol. The zero-order valence-electron chi connectivity index (χ0n) is 8.39. The third-order valence-corrected chi connectivity index (χ3v) is 2.61. The van der Waals surface area contributed by atoms with Crippen molar-refractivity contribution >= 4 is 5.78 Å². The third-order valence-electron chi connectivity index (χ3n) is 2.61. The molecule has 2 N–H and O–H groups in total. The van der Waals surface area contributed by atoms with Crippen molar-refractivity contribution in [1.82, 2.24) is 10.6 Å². The van der Waals surface area contributed by atoms with E-state index in [4.69, 9.17) is 4.74 Å². The second kappa shape index (κ2) is 3.13. The summed E-state index contributed by atoms with van der Waals surface area (Å²) in [6.07, 6.45) is 4.51. The number of carbonyl (C=O) groups is 1. The summed E-state index contributed by atoms with van der Waals surface area (Å²) in [4.78, 5) is 11.1. The topological polar surface area (TPSA) is 50.4 Å². The van der Waals surface area contributed by atoms with Crippen molar-refractivity contribution in [3.05, 3.63) is 23.6 Å². The Morgan fingerprint density at radius 2 is 2.43 bits per heavy atom. The highest BCUT2D eigenvalue weighted by molar-refractivity contribution is 5.93. The van der Waals surface area contributed by atoms with Gasteiger partial charge in [0.25, 0.3) is 0 Å². The van der Waals surface area contributed by atoms with E-state index in [0.29, 0.717) is 6.42 Å². The van der Waals surface area contributed by atoms with Gasteiger partial charge in [0.2, 0.25) is 5.85 Å². The molecule has 1 aliphatic heterocycles. The van der Waals surface area contributed by atoms with Crippen LogP contribution >= 0.6 is 0 Å². The van der Waals surface area contributed by atoms with Gasteiger partial charge in [-0.25, -0.2) is 0 Å². The summed E-state index contributed by atoms with van der Waals surface area (Å²) in [5.41, 5.74) is 0.917. The number of allylic oxidation sites excluding steroid dienone is 3. The number of ether oxygens (including phenoxy) is 1. The molecule has 14 heavy (non-hydrogen) atoms. The smallest absolute Gasteiger partial charge is 0.237 e. The zero-order chi connectivity index (χ0) is 10.2. The van der Waals surface area contributed by atoms with Crippen LogP contribution in [-0.4, -0.2) is 18.7 Å². The van der Waals surface area contributed by atoms with E-state index in [1.54, 1.807) is 12.2 Å². The highest BCUT2D eigenvalue weighted by atomic mass is 16.5. The molecule has 4 heteroatoms. The summed E-state index contributed by atoms with van der Waals surface area (Å²) in [5, 5.41) is 6.31. The maximum atomic E-state index is 11.1. The normalized spacial score (nSPS) is 30.0. The number of rotatable bonds is 2. The van der Waals surface area contributed by atoms with Crippen molar-refractivity contribution in [3.8, 4) is 0 Å². The average Bonchev–Trinajstić information content (AvgIpc) is 2.56. The summed E-state index contributed by atoms with van der Waals surface area (Å²) >= 11 is 0. The highest BCUT2D eigenvalue weighted by Gasteiger charge is 2.38. The lowest BCUT2D eigenvalue weighted by atomic mass is 10.1. The van der Waals surface area contributed by atoms with Crippen molar-refractivity contribution in [3.63, 3.8) is 0 Å². The SMILES string of the molecule is CCC1(NC)NC2=C(CC(=O)C=C2)O1. The monoisotopic (exact) mass is 194 g/mol. The Hall–Kier alpha value is -1.29. The fraction of sp³-hybridized carbons (Fsp3) is 0.500. The molecule has 0 saturated heterocycles. The van der Waals surface area contributed by atoms with Gasteiger partial charge < -0.3 is 10.1 Å². The molecule has 76 valence electrons. The Kier molecular flexibility index (Phi) is 2.07. The second-order valence-electron chi connectivity index (χ2n) is 3.47. The van der Waals surface area contributed by atoms with Crippen LogP contribution in [0.4, 0.5) is 0 Å². The van der Waals surface area contributed by atoms with Gasteiger partial charge in [-0.3, -0.25) is 10.1 Å². The van der Waals surface area contributed by atoms with Gasteiger partial charge in [-0.1, -0.05) is 6.92 Å². The van der Waals surface area contributed by atoms with Crippen molar-refractivity contribution in [2.24, 2.45) is 0 Å². The Balaban J connectivity index is 2.20. The quantitative estimate of drug-likeness (QED) is 0.677. The molecule has 1 aliphatic carbocycles. The van der Waals surface area contributed by atoms with Crippen LogP contribution in [0.25, 0.3) is 0 Å². The van der Waals surface area contributed by atoms with Crippen molar-refractivity contribution < 1.29 is 9.53 Å². The van der Waals surface area contributed by atoms with Crippen LogP contribution < -0.4 is 10.6 Å². The molecular formula is C10H14N2O2. The number of hydrogen-bond acceptors (Lipinski definition) is 4. The summed E-state index contributed by atoms with van der Waals surface area (Å²) < 4.78 is 5.71. The molecule has 2 aliphatic rings. The van der Waals surface area contributed by atoms with Crippen molar-refractivity contribution in [1.29, 1.82) is 0 Å². The van der Waals surface area contributed by atoms with Crippen molar-refractivity contribution in [2.75, 3.05) is 7.05 Å². The molecule has 1 unspecified atom stereocenters. The number of carbonyl (C=O) groups excluding carboxylic acids is 1. The number of nitrogens with one attached hydrogen (secondary N) is 2. The van der Waals surface area contributed by atoms with Gasteiger partial charge in [0, 0.05) is 6.42 Å². The molecule has 0 amide bonds. The van der Waals surface area contributed by atoms with E-state index in [9.17, 15) is 4.79 Å². The standard InChI is InChI=1S/C10H14N2O2/c1-3-10(11-2)12-8-5-4-7(13)6-9(8)14-10/h4-5,11-12H,3,6H2,1-2H3. The van der Waals surface area contributed by atoms with Crippen LogP contribution in [0.3, 0.4) is 0 Å². The summed E-state index contributed by atoms with van der Waals surface area (Å²) in [5.74, 6) is 0.307. The van der Waals surface area contributed by atoms with E-state index in [1.807, 2.05) is 14.0 Å². The molecule has 1 heterocycles. The first-order valence-corrected chi connectivity index (χ1v) is 4.79. The van der Waals surface area contributed by atoms with Gasteiger partial charge in [0.05, 0.1) is 12.1 Å². The van der Waals surface area contributed by atoms with E-state index >= 15 is 0 Å². The van der Waals surface area contributed by atoms with E-state index in [-0.39, 0.29) is 5.78 Å². The largest absolute Gasteiger partial charge is 0.457 e. The fourth-order valence-electron chi connectivity index (χ4n) is 1.69. The molecule has 2 rings (SSSR count). The lowest BCUT2D eigenvalue weighted by Gasteiger charge is -2.28. The summed E-state index contributed by atoms with van der Waals surface area (Å²) in [6.45, 7) is 2.02. The Morgan fingerprint density at radius 1 is 1.64 bits per heavy atom. The average molecular weight is 194 g/mol. The second-order valence-corrected chi connectivity index (χ2v) is 3.47.